The quantitative estimate of drug-likeness (QED) is 0.629. The maximum Gasteiger partial charge on any atom is 0.307 e. The molecule has 0 aliphatic carbocycles. The summed E-state index contributed by atoms with van der Waals surface area (Å²) in [5, 5.41) is 0. The Morgan fingerprint density at radius 1 is 1.36 bits per heavy atom. The summed E-state index contributed by atoms with van der Waals surface area (Å²) in [6, 6.07) is 1.22. The number of hydrogen-bond acceptors (Lipinski definition) is 3. The topological polar surface area (TPSA) is 29.5 Å². The lowest BCUT2D eigenvalue weighted by Gasteiger charge is -2.37. The smallest absolute Gasteiger partial charge is 0.307 e. The van der Waals surface area contributed by atoms with Gasteiger partial charge < -0.3 is 4.74 Å². The molecule has 2 unspecified atom stereocenters. The summed E-state index contributed by atoms with van der Waals surface area (Å²) in [4.78, 5) is 13.7. The summed E-state index contributed by atoms with van der Waals surface area (Å²) < 4.78 is 4.74. The lowest BCUT2D eigenvalue weighted by atomic mass is 9.95. The molecular weight excluding hydrogens is 178 g/mol. The van der Waals surface area contributed by atoms with Crippen molar-refractivity contribution in [3.8, 4) is 0 Å². The van der Waals surface area contributed by atoms with Gasteiger partial charge in [-0.1, -0.05) is 6.42 Å². The van der Waals surface area contributed by atoms with Gasteiger partial charge in [-0.05, 0) is 32.2 Å². The Bertz CT molecular complexity index is 217. The van der Waals surface area contributed by atoms with Gasteiger partial charge in [0.2, 0.25) is 0 Å². The van der Waals surface area contributed by atoms with Crippen molar-refractivity contribution in [1.82, 2.24) is 4.90 Å². The van der Waals surface area contributed by atoms with E-state index in [0.29, 0.717) is 12.5 Å². The number of carbonyl (C=O) groups excluding carboxylic acids is 1. The van der Waals surface area contributed by atoms with Crippen LogP contribution in [0.2, 0.25) is 0 Å². The van der Waals surface area contributed by atoms with E-state index in [1.165, 1.54) is 45.8 Å². The fourth-order valence-electron chi connectivity index (χ4n) is 2.90. The first-order chi connectivity index (χ1) is 6.81. The molecule has 2 aliphatic heterocycles. The molecule has 2 saturated heterocycles. The van der Waals surface area contributed by atoms with E-state index in [-0.39, 0.29) is 5.97 Å². The van der Waals surface area contributed by atoms with Gasteiger partial charge in [-0.2, -0.15) is 0 Å². The van der Waals surface area contributed by atoms with E-state index in [2.05, 4.69) is 4.90 Å². The zero-order valence-corrected chi connectivity index (χ0v) is 8.87. The van der Waals surface area contributed by atoms with Crippen LogP contribution in [0.5, 0.6) is 0 Å². The number of ether oxygens (including phenoxy) is 1. The molecule has 0 spiro atoms. The molecule has 2 atom stereocenters. The Labute approximate surface area is 85.4 Å². The average molecular weight is 197 g/mol. The molecule has 2 rings (SSSR count). The zero-order valence-electron chi connectivity index (χ0n) is 8.87. The molecule has 2 heterocycles. The predicted molar refractivity (Wildman–Crippen MR) is 54.0 cm³/mol. The highest BCUT2D eigenvalue weighted by atomic mass is 16.5. The molecule has 0 aromatic rings. The standard InChI is InChI=1S/C11H19NO2/c1-14-11(13)8-10-5-2-4-9-6-3-7-12(9)10/h9-10H,2-8H2,1H3. The molecule has 0 amide bonds. The second-order valence-electron chi connectivity index (χ2n) is 4.40. The van der Waals surface area contributed by atoms with E-state index in [1.807, 2.05) is 0 Å². The number of esters is 1. The van der Waals surface area contributed by atoms with E-state index in [9.17, 15) is 4.79 Å². The van der Waals surface area contributed by atoms with Gasteiger partial charge in [0.05, 0.1) is 13.5 Å². The van der Waals surface area contributed by atoms with Gasteiger partial charge in [0.15, 0.2) is 0 Å². The van der Waals surface area contributed by atoms with Crippen LogP contribution in [-0.2, 0) is 9.53 Å². The van der Waals surface area contributed by atoms with Gasteiger partial charge in [-0.3, -0.25) is 9.69 Å². The third kappa shape index (κ3) is 1.92. The van der Waals surface area contributed by atoms with Gasteiger partial charge in [0.25, 0.3) is 0 Å². The summed E-state index contributed by atoms with van der Waals surface area (Å²) in [6.07, 6.45) is 7.01. The zero-order chi connectivity index (χ0) is 9.97. The first-order valence-corrected chi connectivity index (χ1v) is 5.64. The van der Waals surface area contributed by atoms with Crippen molar-refractivity contribution in [1.29, 1.82) is 0 Å². The van der Waals surface area contributed by atoms with Crippen molar-refractivity contribution in [2.45, 2.75) is 50.6 Å². The highest BCUT2D eigenvalue weighted by Crippen LogP contribution is 2.32. The second kappa shape index (κ2) is 4.30. The van der Waals surface area contributed by atoms with Gasteiger partial charge in [-0.15, -0.1) is 0 Å². The van der Waals surface area contributed by atoms with Crippen LogP contribution >= 0.6 is 0 Å². The minimum atomic E-state index is -0.0532. The highest BCUT2D eigenvalue weighted by Gasteiger charge is 2.34. The molecule has 0 aromatic carbocycles. The lowest BCUT2D eigenvalue weighted by molar-refractivity contribution is -0.142. The third-order valence-electron chi connectivity index (χ3n) is 3.60. The van der Waals surface area contributed by atoms with Crippen LogP contribution in [0, 0.1) is 0 Å². The van der Waals surface area contributed by atoms with Crippen LogP contribution in [0.1, 0.15) is 38.5 Å². The van der Waals surface area contributed by atoms with Crippen molar-refractivity contribution in [3.05, 3.63) is 0 Å². The molecule has 0 aromatic heterocycles. The Balaban J connectivity index is 1.93. The summed E-state index contributed by atoms with van der Waals surface area (Å²) in [6.45, 7) is 1.19. The second-order valence-corrected chi connectivity index (χ2v) is 4.40. The van der Waals surface area contributed by atoms with Crippen LogP contribution in [0.3, 0.4) is 0 Å². The summed E-state index contributed by atoms with van der Waals surface area (Å²) in [5.74, 6) is -0.0532. The van der Waals surface area contributed by atoms with Crippen molar-refractivity contribution >= 4 is 5.97 Å². The van der Waals surface area contributed by atoms with E-state index >= 15 is 0 Å². The van der Waals surface area contributed by atoms with Crippen LogP contribution < -0.4 is 0 Å². The number of fused-ring (bicyclic) bond motifs is 1. The van der Waals surface area contributed by atoms with Crippen molar-refractivity contribution in [2.75, 3.05) is 13.7 Å². The van der Waals surface area contributed by atoms with Gasteiger partial charge in [0, 0.05) is 12.1 Å². The Morgan fingerprint density at radius 3 is 2.93 bits per heavy atom. The number of carbonyl (C=O) groups is 1. The van der Waals surface area contributed by atoms with Gasteiger partial charge >= 0.3 is 5.97 Å². The Kier molecular flexibility index (Phi) is 3.06. The van der Waals surface area contributed by atoms with Gasteiger partial charge in [0.1, 0.15) is 0 Å². The van der Waals surface area contributed by atoms with Crippen molar-refractivity contribution in [2.24, 2.45) is 0 Å². The van der Waals surface area contributed by atoms with Crippen molar-refractivity contribution in [3.63, 3.8) is 0 Å². The number of methoxy groups -OCH3 is 1. The molecular formula is C11H19NO2. The first-order valence-electron chi connectivity index (χ1n) is 5.64. The fraction of sp³-hybridized carbons (Fsp3) is 0.909. The minimum absolute atomic E-state index is 0.0532. The molecule has 2 fully saturated rings. The van der Waals surface area contributed by atoms with Crippen LogP contribution in [0.15, 0.2) is 0 Å². The van der Waals surface area contributed by atoms with Gasteiger partial charge in [-0.25, -0.2) is 0 Å². The molecule has 0 bridgehead atoms. The monoisotopic (exact) mass is 197 g/mol. The van der Waals surface area contributed by atoms with Crippen LogP contribution in [0.25, 0.3) is 0 Å². The molecule has 3 nitrogen and oxygen atoms in total. The van der Waals surface area contributed by atoms with E-state index in [1.54, 1.807) is 0 Å². The van der Waals surface area contributed by atoms with E-state index in [4.69, 9.17) is 4.74 Å². The number of rotatable bonds is 2. The molecule has 0 radical (unpaired) electrons. The summed E-state index contributed by atoms with van der Waals surface area (Å²) in [7, 11) is 1.48. The Morgan fingerprint density at radius 2 is 2.14 bits per heavy atom. The predicted octanol–water partition coefficient (Wildman–Crippen LogP) is 1.57. The minimum Gasteiger partial charge on any atom is -0.469 e. The molecule has 3 heteroatoms. The lowest BCUT2D eigenvalue weighted by Crippen LogP contribution is -2.43. The fourth-order valence-corrected chi connectivity index (χ4v) is 2.90. The largest absolute Gasteiger partial charge is 0.469 e. The number of piperidine rings is 1. The third-order valence-corrected chi connectivity index (χ3v) is 3.60. The maximum atomic E-state index is 11.2. The summed E-state index contributed by atoms with van der Waals surface area (Å²) in [5.41, 5.74) is 0. The number of hydrogen-bond donors (Lipinski definition) is 0. The molecule has 14 heavy (non-hydrogen) atoms. The molecule has 80 valence electrons. The highest BCUT2D eigenvalue weighted by molar-refractivity contribution is 5.69. The SMILES string of the molecule is COC(=O)CC1CCCC2CCCN21. The van der Waals surface area contributed by atoms with E-state index < -0.39 is 0 Å². The Hall–Kier alpha value is -0.570. The average Bonchev–Trinajstić information content (AvgIpc) is 2.66. The summed E-state index contributed by atoms with van der Waals surface area (Å²) >= 11 is 0. The van der Waals surface area contributed by atoms with Crippen LogP contribution in [0.4, 0.5) is 0 Å². The van der Waals surface area contributed by atoms with Crippen molar-refractivity contribution < 1.29 is 9.53 Å². The molecule has 0 N–H and O–H groups in total. The normalized spacial score (nSPS) is 32.6. The molecule has 2 aliphatic rings. The van der Waals surface area contributed by atoms with Crippen LogP contribution in [-0.4, -0.2) is 36.6 Å². The first kappa shape index (κ1) is 9.97. The maximum absolute atomic E-state index is 11.2. The van der Waals surface area contributed by atoms with E-state index in [0.717, 1.165) is 6.04 Å². The number of nitrogens with zero attached hydrogens (tertiary/aromatic N) is 1. The molecule has 0 saturated carbocycles.